The normalized spacial score (nSPS) is 14.6. The number of H-pyrrole nitrogens is 1. The molecule has 1 aromatic heterocycles. The highest BCUT2D eigenvalue weighted by molar-refractivity contribution is 5.95. The summed E-state index contributed by atoms with van der Waals surface area (Å²) in [4.78, 5) is 16.9. The largest absolute Gasteiger partial charge is 0.378 e. The predicted octanol–water partition coefficient (Wildman–Crippen LogP) is 3.54. The second-order valence-corrected chi connectivity index (χ2v) is 7.69. The van der Waals surface area contributed by atoms with E-state index in [4.69, 9.17) is 0 Å². The van der Waals surface area contributed by atoms with Gasteiger partial charge in [-0.05, 0) is 36.6 Å². The number of amides is 1. The molecule has 4 rings (SSSR count). The molecule has 0 spiro atoms. The summed E-state index contributed by atoms with van der Waals surface area (Å²) in [7, 11) is 3.95. The molecule has 1 saturated heterocycles. The van der Waals surface area contributed by atoms with Crippen molar-refractivity contribution in [3.8, 4) is 11.3 Å². The van der Waals surface area contributed by atoms with Crippen LogP contribution in [0.3, 0.4) is 0 Å². The molecule has 1 amide bonds. The van der Waals surface area contributed by atoms with E-state index < -0.39 is 0 Å². The van der Waals surface area contributed by atoms with Gasteiger partial charge in [0.1, 0.15) is 0 Å². The Hall–Kier alpha value is -3.28. The Balaban J connectivity index is 1.33. The maximum absolute atomic E-state index is 12.6. The standard InChI is InChI=1S/C23H27N5O/c1-27(2)20-10-6-9-18(15-20)23(29)24-19-11-13-28(14-12-19)22-16-21(25-26-22)17-7-4-3-5-8-17/h3-10,15-16,19H,11-14H2,1-2H3,(H,24,29)(H,25,26). The Morgan fingerprint density at radius 1 is 1.07 bits per heavy atom. The average molecular weight is 390 g/mol. The van der Waals surface area contributed by atoms with Crippen molar-refractivity contribution in [3.63, 3.8) is 0 Å². The third kappa shape index (κ3) is 4.42. The third-order valence-corrected chi connectivity index (χ3v) is 5.43. The zero-order chi connectivity index (χ0) is 20.2. The molecule has 29 heavy (non-hydrogen) atoms. The summed E-state index contributed by atoms with van der Waals surface area (Å²) in [5, 5.41) is 10.8. The van der Waals surface area contributed by atoms with Crippen molar-refractivity contribution in [1.82, 2.24) is 15.5 Å². The lowest BCUT2D eigenvalue weighted by atomic mass is 10.0. The van der Waals surface area contributed by atoms with Crippen LogP contribution < -0.4 is 15.1 Å². The number of rotatable bonds is 5. The molecule has 0 aliphatic carbocycles. The van der Waals surface area contributed by atoms with Gasteiger partial charge in [0.2, 0.25) is 0 Å². The lowest BCUT2D eigenvalue weighted by Crippen LogP contribution is -2.44. The second-order valence-electron chi connectivity index (χ2n) is 7.69. The molecule has 150 valence electrons. The average Bonchev–Trinajstić information content (AvgIpc) is 3.25. The fourth-order valence-electron chi connectivity index (χ4n) is 3.69. The molecular formula is C23H27N5O. The number of nitrogens with one attached hydrogen (secondary N) is 2. The highest BCUT2D eigenvalue weighted by Crippen LogP contribution is 2.24. The van der Waals surface area contributed by atoms with Crippen LogP contribution in [0.5, 0.6) is 0 Å². The maximum atomic E-state index is 12.6. The van der Waals surface area contributed by atoms with E-state index in [0.29, 0.717) is 5.56 Å². The number of aromatic nitrogens is 2. The molecular weight excluding hydrogens is 362 g/mol. The van der Waals surface area contributed by atoms with E-state index in [-0.39, 0.29) is 11.9 Å². The van der Waals surface area contributed by atoms with Crippen LogP contribution in [0.15, 0.2) is 60.7 Å². The zero-order valence-corrected chi connectivity index (χ0v) is 16.9. The van der Waals surface area contributed by atoms with E-state index in [9.17, 15) is 4.79 Å². The fraction of sp³-hybridized carbons (Fsp3) is 0.304. The molecule has 6 heteroatoms. The fourth-order valence-corrected chi connectivity index (χ4v) is 3.69. The molecule has 2 aromatic carbocycles. The Morgan fingerprint density at radius 2 is 1.83 bits per heavy atom. The number of hydrogen-bond acceptors (Lipinski definition) is 4. The molecule has 2 N–H and O–H groups in total. The van der Waals surface area contributed by atoms with Crippen molar-refractivity contribution >= 4 is 17.4 Å². The number of carbonyl (C=O) groups excluding carboxylic acids is 1. The van der Waals surface area contributed by atoms with Gasteiger partial charge < -0.3 is 15.1 Å². The lowest BCUT2D eigenvalue weighted by molar-refractivity contribution is 0.0931. The first-order chi connectivity index (χ1) is 14.1. The van der Waals surface area contributed by atoms with Crippen molar-refractivity contribution in [3.05, 3.63) is 66.2 Å². The highest BCUT2D eigenvalue weighted by Gasteiger charge is 2.23. The number of benzene rings is 2. The minimum absolute atomic E-state index is 0.00159. The van der Waals surface area contributed by atoms with Crippen molar-refractivity contribution in [1.29, 1.82) is 0 Å². The van der Waals surface area contributed by atoms with Gasteiger partial charge in [-0.3, -0.25) is 9.89 Å². The van der Waals surface area contributed by atoms with Crippen molar-refractivity contribution in [2.75, 3.05) is 37.0 Å². The monoisotopic (exact) mass is 389 g/mol. The van der Waals surface area contributed by atoms with Gasteiger partial charge in [-0.25, -0.2) is 0 Å². The van der Waals surface area contributed by atoms with Crippen LogP contribution in [0.2, 0.25) is 0 Å². The molecule has 0 atom stereocenters. The van der Waals surface area contributed by atoms with Gasteiger partial charge in [0.25, 0.3) is 5.91 Å². The van der Waals surface area contributed by atoms with E-state index >= 15 is 0 Å². The number of nitrogens with zero attached hydrogens (tertiary/aromatic N) is 3. The molecule has 0 saturated carbocycles. The van der Waals surface area contributed by atoms with E-state index in [1.165, 1.54) is 0 Å². The molecule has 0 bridgehead atoms. The van der Waals surface area contributed by atoms with Crippen LogP contribution in [0.25, 0.3) is 11.3 Å². The number of aromatic amines is 1. The number of anilines is 2. The summed E-state index contributed by atoms with van der Waals surface area (Å²) < 4.78 is 0. The Morgan fingerprint density at radius 3 is 2.55 bits per heavy atom. The van der Waals surface area contributed by atoms with Gasteiger partial charge in [-0.15, -0.1) is 0 Å². The van der Waals surface area contributed by atoms with Crippen LogP contribution in [0.1, 0.15) is 23.2 Å². The topological polar surface area (TPSA) is 64.3 Å². The molecule has 1 aliphatic heterocycles. The molecule has 1 aliphatic rings. The van der Waals surface area contributed by atoms with Gasteiger partial charge in [-0.2, -0.15) is 5.10 Å². The van der Waals surface area contributed by atoms with Gasteiger partial charge in [0.05, 0.1) is 5.69 Å². The Labute approximate surface area is 171 Å². The van der Waals surface area contributed by atoms with Gasteiger partial charge in [0.15, 0.2) is 5.82 Å². The van der Waals surface area contributed by atoms with Crippen molar-refractivity contribution in [2.45, 2.75) is 18.9 Å². The Bertz CT molecular complexity index is 958. The summed E-state index contributed by atoms with van der Waals surface area (Å²) in [6.07, 6.45) is 1.82. The summed E-state index contributed by atoms with van der Waals surface area (Å²) in [6.45, 7) is 1.75. The van der Waals surface area contributed by atoms with Crippen LogP contribution in [0, 0.1) is 0 Å². The smallest absolute Gasteiger partial charge is 0.251 e. The van der Waals surface area contributed by atoms with Crippen LogP contribution in [-0.2, 0) is 0 Å². The van der Waals surface area contributed by atoms with Gasteiger partial charge >= 0.3 is 0 Å². The summed E-state index contributed by atoms with van der Waals surface area (Å²) in [5.74, 6) is 0.964. The maximum Gasteiger partial charge on any atom is 0.251 e. The third-order valence-electron chi connectivity index (χ3n) is 5.43. The number of carbonyl (C=O) groups is 1. The highest BCUT2D eigenvalue weighted by atomic mass is 16.1. The molecule has 1 fully saturated rings. The first-order valence-electron chi connectivity index (χ1n) is 10.0. The summed E-state index contributed by atoms with van der Waals surface area (Å²) in [5.41, 5.74) is 3.89. The van der Waals surface area contributed by atoms with Crippen LogP contribution in [0.4, 0.5) is 11.5 Å². The second kappa shape index (κ2) is 8.39. The van der Waals surface area contributed by atoms with E-state index in [1.807, 2.05) is 61.5 Å². The minimum atomic E-state index is -0.00159. The van der Waals surface area contributed by atoms with Crippen molar-refractivity contribution in [2.24, 2.45) is 0 Å². The quantitative estimate of drug-likeness (QED) is 0.701. The molecule has 6 nitrogen and oxygen atoms in total. The van der Waals surface area contributed by atoms with E-state index in [2.05, 4.69) is 38.6 Å². The minimum Gasteiger partial charge on any atom is -0.378 e. The number of piperidine rings is 1. The molecule has 2 heterocycles. The lowest BCUT2D eigenvalue weighted by Gasteiger charge is -2.32. The van der Waals surface area contributed by atoms with E-state index in [0.717, 1.165) is 48.7 Å². The van der Waals surface area contributed by atoms with Crippen LogP contribution >= 0.6 is 0 Å². The van der Waals surface area contributed by atoms with Gasteiger partial charge in [0, 0.05) is 50.5 Å². The first-order valence-corrected chi connectivity index (χ1v) is 10.0. The molecule has 0 unspecified atom stereocenters. The van der Waals surface area contributed by atoms with Crippen LogP contribution in [-0.4, -0.2) is 49.3 Å². The number of hydrogen-bond donors (Lipinski definition) is 2. The van der Waals surface area contributed by atoms with E-state index in [1.54, 1.807) is 0 Å². The van der Waals surface area contributed by atoms with Crippen molar-refractivity contribution < 1.29 is 4.79 Å². The summed E-state index contributed by atoms with van der Waals surface area (Å²) in [6, 6.07) is 20.2. The first kappa shape index (κ1) is 19.1. The molecule has 0 radical (unpaired) electrons. The SMILES string of the molecule is CN(C)c1cccc(C(=O)NC2CCN(c3cc(-c4ccccc4)[nH]n3)CC2)c1. The molecule has 3 aromatic rings. The predicted molar refractivity (Wildman–Crippen MR) is 117 cm³/mol. The summed E-state index contributed by atoms with van der Waals surface area (Å²) >= 11 is 0. The van der Waals surface area contributed by atoms with Gasteiger partial charge in [-0.1, -0.05) is 36.4 Å². The Kier molecular flexibility index (Phi) is 5.51. The zero-order valence-electron chi connectivity index (χ0n) is 16.9.